The standard InChI is InChI=1S/C15H17N3O2/c1-10-9-13(7-8-14(10)20-2)18-15(19)17-12-5-3-11(16)4-6-12/h3-9H,16H2,1-2H3,(H2,17,18,19). The van der Waals surface area contributed by atoms with Crippen LogP contribution in [0.25, 0.3) is 0 Å². The molecule has 5 nitrogen and oxygen atoms in total. The summed E-state index contributed by atoms with van der Waals surface area (Å²) >= 11 is 0. The molecule has 5 heteroatoms. The largest absolute Gasteiger partial charge is 0.496 e. The zero-order valence-electron chi connectivity index (χ0n) is 11.4. The molecule has 2 rings (SSSR count). The van der Waals surface area contributed by atoms with Gasteiger partial charge in [0.25, 0.3) is 0 Å². The van der Waals surface area contributed by atoms with Gasteiger partial charge in [-0.2, -0.15) is 0 Å². The van der Waals surface area contributed by atoms with Crippen LogP contribution in [0, 0.1) is 6.92 Å². The second-order valence-corrected chi connectivity index (χ2v) is 4.39. The summed E-state index contributed by atoms with van der Waals surface area (Å²) in [4.78, 5) is 11.8. The zero-order valence-corrected chi connectivity index (χ0v) is 11.4. The van der Waals surface area contributed by atoms with Gasteiger partial charge in [-0.05, 0) is 55.0 Å². The maximum atomic E-state index is 11.8. The van der Waals surface area contributed by atoms with E-state index in [1.54, 1.807) is 37.4 Å². The highest BCUT2D eigenvalue weighted by Crippen LogP contribution is 2.21. The summed E-state index contributed by atoms with van der Waals surface area (Å²) in [5.41, 5.74) is 8.58. The number of anilines is 3. The Kier molecular flexibility index (Phi) is 4.10. The maximum absolute atomic E-state index is 11.8. The third-order valence-corrected chi connectivity index (χ3v) is 2.82. The van der Waals surface area contributed by atoms with Crippen molar-refractivity contribution >= 4 is 23.1 Å². The summed E-state index contributed by atoms with van der Waals surface area (Å²) in [6.07, 6.45) is 0. The Morgan fingerprint density at radius 2 is 1.65 bits per heavy atom. The number of nitrogens with one attached hydrogen (secondary N) is 2. The molecule has 0 radical (unpaired) electrons. The number of methoxy groups -OCH3 is 1. The molecule has 2 amide bonds. The molecule has 104 valence electrons. The summed E-state index contributed by atoms with van der Waals surface area (Å²) in [6, 6.07) is 12.1. The monoisotopic (exact) mass is 271 g/mol. The first-order chi connectivity index (χ1) is 9.58. The number of amides is 2. The van der Waals surface area contributed by atoms with Crippen molar-refractivity contribution in [3.63, 3.8) is 0 Å². The minimum absolute atomic E-state index is 0.306. The SMILES string of the molecule is COc1ccc(NC(=O)Nc2ccc(N)cc2)cc1C. The van der Waals surface area contributed by atoms with Crippen LogP contribution in [-0.2, 0) is 0 Å². The molecule has 0 heterocycles. The minimum atomic E-state index is -0.306. The molecule has 0 fully saturated rings. The fraction of sp³-hybridized carbons (Fsp3) is 0.133. The van der Waals surface area contributed by atoms with E-state index >= 15 is 0 Å². The van der Waals surface area contributed by atoms with Gasteiger partial charge < -0.3 is 21.1 Å². The first-order valence-electron chi connectivity index (χ1n) is 6.16. The van der Waals surface area contributed by atoms with Gasteiger partial charge in [0.1, 0.15) is 5.75 Å². The molecule has 0 aliphatic carbocycles. The van der Waals surface area contributed by atoms with Crippen molar-refractivity contribution in [1.29, 1.82) is 0 Å². The van der Waals surface area contributed by atoms with E-state index in [0.717, 1.165) is 11.3 Å². The van der Waals surface area contributed by atoms with Gasteiger partial charge in [0.2, 0.25) is 0 Å². The quantitative estimate of drug-likeness (QED) is 0.750. The second-order valence-electron chi connectivity index (χ2n) is 4.39. The number of carbonyl (C=O) groups is 1. The van der Waals surface area contributed by atoms with Crippen molar-refractivity contribution in [2.45, 2.75) is 6.92 Å². The Morgan fingerprint density at radius 3 is 2.25 bits per heavy atom. The minimum Gasteiger partial charge on any atom is -0.496 e. The van der Waals surface area contributed by atoms with Crippen LogP contribution in [0.1, 0.15) is 5.56 Å². The molecular weight excluding hydrogens is 254 g/mol. The van der Waals surface area contributed by atoms with E-state index in [1.165, 1.54) is 0 Å². The number of urea groups is 1. The second kappa shape index (κ2) is 5.97. The predicted octanol–water partition coefficient (Wildman–Crippen LogP) is 3.23. The molecule has 20 heavy (non-hydrogen) atoms. The number of rotatable bonds is 3. The Labute approximate surface area is 117 Å². The molecule has 0 saturated carbocycles. The highest BCUT2D eigenvalue weighted by molar-refractivity contribution is 5.99. The lowest BCUT2D eigenvalue weighted by molar-refractivity contribution is 0.262. The van der Waals surface area contributed by atoms with Gasteiger partial charge in [-0.3, -0.25) is 0 Å². The molecular formula is C15H17N3O2. The molecule has 0 spiro atoms. The lowest BCUT2D eigenvalue weighted by Crippen LogP contribution is -2.19. The normalized spacial score (nSPS) is 9.90. The van der Waals surface area contributed by atoms with Crippen molar-refractivity contribution in [2.24, 2.45) is 0 Å². The van der Waals surface area contributed by atoms with Gasteiger partial charge in [0.05, 0.1) is 7.11 Å². The number of carbonyl (C=O) groups excluding carboxylic acids is 1. The molecule has 0 aliphatic heterocycles. The smallest absolute Gasteiger partial charge is 0.323 e. The van der Waals surface area contributed by atoms with E-state index in [2.05, 4.69) is 10.6 Å². The van der Waals surface area contributed by atoms with E-state index in [9.17, 15) is 4.79 Å². The topological polar surface area (TPSA) is 76.4 Å². The zero-order chi connectivity index (χ0) is 14.5. The van der Waals surface area contributed by atoms with Crippen LogP contribution in [0.3, 0.4) is 0 Å². The van der Waals surface area contributed by atoms with Gasteiger partial charge in [0, 0.05) is 17.1 Å². The Morgan fingerprint density at radius 1 is 1.05 bits per heavy atom. The number of nitrogen functional groups attached to an aromatic ring is 1. The molecule has 0 saturated heterocycles. The fourth-order valence-electron chi connectivity index (χ4n) is 1.82. The van der Waals surface area contributed by atoms with Crippen LogP contribution in [0.15, 0.2) is 42.5 Å². The highest BCUT2D eigenvalue weighted by atomic mass is 16.5. The van der Waals surface area contributed by atoms with Gasteiger partial charge >= 0.3 is 6.03 Å². The van der Waals surface area contributed by atoms with Crippen molar-refractivity contribution in [3.8, 4) is 5.75 Å². The maximum Gasteiger partial charge on any atom is 0.323 e. The van der Waals surface area contributed by atoms with Crippen LogP contribution in [0.4, 0.5) is 21.9 Å². The van der Waals surface area contributed by atoms with Gasteiger partial charge in [0.15, 0.2) is 0 Å². The van der Waals surface area contributed by atoms with Crippen LogP contribution < -0.4 is 21.1 Å². The number of hydrogen-bond acceptors (Lipinski definition) is 3. The average Bonchev–Trinajstić information content (AvgIpc) is 2.41. The fourth-order valence-corrected chi connectivity index (χ4v) is 1.82. The highest BCUT2D eigenvalue weighted by Gasteiger charge is 2.04. The van der Waals surface area contributed by atoms with Crippen molar-refractivity contribution in [2.75, 3.05) is 23.5 Å². The number of aryl methyl sites for hydroxylation is 1. The van der Waals surface area contributed by atoms with Crippen molar-refractivity contribution in [1.82, 2.24) is 0 Å². The van der Waals surface area contributed by atoms with Crippen molar-refractivity contribution in [3.05, 3.63) is 48.0 Å². The first kappa shape index (κ1) is 13.7. The predicted molar refractivity (Wildman–Crippen MR) is 81.2 cm³/mol. The summed E-state index contributed by atoms with van der Waals surface area (Å²) in [5.74, 6) is 0.787. The van der Waals surface area contributed by atoms with Crippen LogP contribution in [0.2, 0.25) is 0 Å². The molecule has 2 aromatic carbocycles. The number of benzene rings is 2. The molecule has 0 bridgehead atoms. The van der Waals surface area contributed by atoms with E-state index < -0.39 is 0 Å². The number of ether oxygens (including phenoxy) is 1. The summed E-state index contributed by atoms with van der Waals surface area (Å²) in [6.45, 7) is 1.92. The molecule has 0 atom stereocenters. The average molecular weight is 271 g/mol. The lowest BCUT2D eigenvalue weighted by Gasteiger charge is -2.10. The van der Waals surface area contributed by atoms with E-state index in [-0.39, 0.29) is 6.03 Å². The van der Waals surface area contributed by atoms with E-state index in [1.807, 2.05) is 19.1 Å². The summed E-state index contributed by atoms with van der Waals surface area (Å²) in [7, 11) is 1.61. The van der Waals surface area contributed by atoms with Gasteiger partial charge in [-0.15, -0.1) is 0 Å². The van der Waals surface area contributed by atoms with Crippen LogP contribution >= 0.6 is 0 Å². The van der Waals surface area contributed by atoms with Gasteiger partial charge in [-0.25, -0.2) is 4.79 Å². The van der Waals surface area contributed by atoms with Crippen LogP contribution in [-0.4, -0.2) is 13.1 Å². The lowest BCUT2D eigenvalue weighted by atomic mass is 10.2. The molecule has 2 aromatic rings. The third kappa shape index (κ3) is 3.41. The number of nitrogens with two attached hydrogens (primary N) is 1. The Bertz CT molecular complexity index is 609. The van der Waals surface area contributed by atoms with Crippen molar-refractivity contribution < 1.29 is 9.53 Å². The molecule has 0 unspecified atom stereocenters. The van der Waals surface area contributed by atoms with E-state index in [4.69, 9.17) is 10.5 Å². The molecule has 4 N–H and O–H groups in total. The number of hydrogen-bond donors (Lipinski definition) is 3. The van der Waals surface area contributed by atoms with Gasteiger partial charge in [-0.1, -0.05) is 0 Å². The summed E-state index contributed by atoms with van der Waals surface area (Å²) < 4.78 is 5.17. The molecule has 0 aliphatic rings. The van der Waals surface area contributed by atoms with E-state index in [0.29, 0.717) is 17.1 Å². The third-order valence-electron chi connectivity index (χ3n) is 2.82. The Hall–Kier alpha value is -2.69. The summed E-state index contributed by atoms with van der Waals surface area (Å²) in [5, 5.41) is 5.49. The first-order valence-corrected chi connectivity index (χ1v) is 6.16. The Balaban J connectivity index is 2.01. The van der Waals surface area contributed by atoms with Crippen LogP contribution in [0.5, 0.6) is 5.75 Å². The molecule has 0 aromatic heterocycles.